The molecule has 0 amide bonds. The number of sulfonamides is 1. The molecule has 0 aromatic heterocycles. The van der Waals surface area contributed by atoms with E-state index in [0.29, 0.717) is 0 Å². The van der Waals surface area contributed by atoms with Crippen molar-refractivity contribution < 1.29 is 13.5 Å². The molecule has 2 aromatic carbocycles. The molecular formula is C13H15NO3S. The SMILES string of the molecule is C[C@@H](O)CNS(=O)(=O)c1ccc2ccccc2c1. The van der Waals surface area contributed by atoms with Gasteiger partial charge in [0, 0.05) is 6.54 Å². The van der Waals surface area contributed by atoms with E-state index in [0.717, 1.165) is 10.8 Å². The van der Waals surface area contributed by atoms with Crippen molar-refractivity contribution in [3.05, 3.63) is 42.5 Å². The highest BCUT2D eigenvalue weighted by molar-refractivity contribution is 7.89. The molecule has 0 heterocycles. The van der Waals surface area contributed by atoms with Gasteiger partial charge in [-0.15, -0.1) is 0 Å². The number of aliphatic hydroxyl groups is 1. The van der Waals surface area contributed by atoms with Crippen LogP contribution < -0.4 is 4.72 Å². The van der Waals surface area contributed by atoms with Crippen molar-refractivity contribution in [1.82, 2.24) is 4.72 Å². The van der Waals surface area contributed by atoms with Gasteiger partial charge in [-0.3, -0.25) is 0 Å². The molecule has 0 saturated heterocycles. The molecule has 0 aliphatic heterocycles. The highest BCUT2D eigenvalue weighted by atomic mass is 32.2. The van der Waals surface area contributed by atoms with Crippen LogP contribution in [0.4, 0.5) is 0 Å². The van der Waals surface area contributed by atoms with Crippen LogP contribution in [0.5, 0.6) is 0 Å². The third-order valence-electron chi connectivity index (χ3n) is 2.60. The fraction of sp³-hybridized carbons (Fsp3) is 0.231. The Morgan fingerprint density at radius 2 is 1.83 bits per heavy atom. The standard InChI is InChI=1S/C13H15NO3S/c1-10(15)9-14-18(16,17)13-7-6-11-4-2-3-5-12(11)8-13/h2-8,10,14-15H,9H2,1H3/t10-/m1/s1. The number of fused-ring (bicyclic) bond motifs is 1. The Morgan fingerprint density at radius 1 is 1.17 bits per heavy atom. The Bertz CT molecular complexity index is 650. The van der Waals surface area contributed by atoms with Crippen molar-refractivity contribution in [3.63, 3.8) is 0 Å². The van der Waals surface area contributed by atoms with Gasteiger partial charge in [-0.2, -0.15) is 0 Å². The minimum absolute atomic E-state index is 0.00909. The highest BCUT2D eigenvalue weighted by Crippen LogP contribution is 2.18. The third kappa shape index (κ3) is 2.87. The van der Waals surface area contributed by atoms with E-state index in [9.17, 15) is 8.42 Å². The van der Waals surface area contributed by atoms with Crippen molar-refractivity contribution in [2.24, 2.45) is 0 Å². The molecule has 0 fully saturated rings. The molecule has 2 N–H and O–H groups in total. The summed E-state index contributed by atoms with van der Waals surface area (Å²) in [6.07, 6.45) is -0.708. The topological polar surface area (TPSA) is 66.4 Å². The van der Waals surface area contributed by atoms with E-state index >= 15 is 0 Å². The van der Waals surface area contributed by atoms with E-state index in [1.54, 1.807) is 18.2 Å². The van der Waals surface area contributed by atoms with Crippen LogP contribution in [0, 0.1) is 0 Å². The average Bonchev–Trinajstić information content (AvgIpc) is 2.36. The van der Waals surface area contributed by atoms with Crippen LogP contribution in [0.25, 0.3) is 10.8 Å². The van der Waals surface area contributed by atoms with Crippen molar-refractivity contribution in [3.8, 4) is 0 Å². The van der Waals surface area contributed by atoms with Crippen molar-refractivity contribution in [2.75, 3.05) is 6.54 Å². The summed E-state index contributed by atoms with van der Waals surface area (Å²) in [6, 6.07) is 12.5. The number of hydrogen-bond acceptors (Lipinski definition) is 3. The van der Waals surface area contributed by atoms with Gasteiger partial charge in [-0.05, 0) is 29.8 Å². The Kier molecular flexibility index (Phi) is 3.65. The zero-order valence-corrected chi connectivity index (χ0v) is 10.8. The van der Waals surface area contributed by atoms with Gasteiger partial charge in [0.1, 0.15) is 0 Å². The van der Waals surface area contributed by atoms with Gasteiger partial charge >= 0.3 is 0 Å². The molecule has 1 atom stereocenters. The first-order valence-corrected chi connectivity index (χ1v) is 7.14. The maximum Gasteiger partial charge on any atom is 0.240 e. The third-order valence-corrected chi connectivity index (χ3v) is 4.02. The van der Waals surface area contributed by atoms with Gasteiger partial charge in [0.2, 0.25) is 10.0 Å². The molecule has 4 nitrogen and oxygen atoms in total. The van der Waals surface area contributed by atoms with Crippen molar-refractivity contribution >= 4 is 20.8 Å². The van der Waals surface area contributed by atoms with Crippen molar-refractivity contribution in [1.29, 1.82) is 0 Å². The summed E-state index contributed by atoms with van der Waals surface area (Å²) in [4.78, 5) is 0.210. The zero-order chi connectivity index (χ0) is 13.2. The molecule has 5 heteroatoms. The fourth-order valence-electron chi connectivity index (χ4n) is 1.65. The summed E-state index contributed by atoms with van der Waals surface area (Å²) < 4.78 is 26.3. The highest BCUT2D eigenvalue weighted by Gasteiger charge is 2.14. The Hall–Kier alpha value is -1.43. The number of hydrogen-bond donors (Lipinski definition) is 2. The lowest BCUT2D eigenvalue weighted by molar-refractivity contribution is 0.198. The molecule has 0 unspecified atom stereocenters. The summed E-state index contributed by atoms with van der Waals surface area (Å²) in [5.41, 5.74) is 0. The molecule has 0 bridgehead atoms. The van der Waals surface area contributed by atoms with Gasteiger partial charge in [0.15, 0.2) is 0 Å². The average molecular weight is 265 g/mol. The molecule has 0 radical (unpaired) electrons. The number of aliphatic hydroxyl groups excluding tert-OH is 1. The van der Waals surface area contributed by atoms with Crippen LogP contribution in [0.3, 0.4) is 0 Å². The number of rotatable bonds is 4. The lowest BCUT2D eigenvalue weighted by Crippen LogP contribution is -2.30. The first-order chi connectivity index (χ1) is 8.49. The minimum atomic E-state index is -3.56. The molecule has 96 valence electrons. The lowest BCUT2D eigenvalue weighted by Gasteiger charge is -2.09. The van der Waals surface area contributed by atoms with Crippen molar-refractivity contribution in [2.45, 2.75) is 17.9 Å². The minimum Gasteiger partial charge on any atom is -0.392 e. The molecule has 2 rings (SSSR count). The molecule has 18 heavy (non-hydrogen) atoms. The Labute approximate surface area is 106 Å². The van der Waals surface area contributed by atoms with E-state index in [1.807, 2.05) is 24.3 Å². The maximum atomic E-state index is 12.0. The second kappa shape index (κ2) is 5.06. The lowest BCUT2D eigenvalue weighted by atomic mass is 10.1. The number of benzene rings is 2. The molecule has 0 saturated carbocycles. The van der Waals surface area contributed by atoms with Crippen LogP contribution in [-0.2, 0) is 10.0 Å². The van der Waals surface area contributed by atoms with E-state index in [1.165, 1.54) is 6.92 Å². The largest absolute Gasteiger partial charge is 0.392 e. The van der Waals surface area contributed by atoms with Crippen LogP contribution in [0.1, 0.15) is 6.92 Å². The van der Waals surface area contributed by atoms with Gasteiger partial charge in [-0.25, -0.2) is 13.1 Å². The summed E-state index contributed by atoms with van der Waals surface area (Å²) in [6.45, 7) is 1.54. The second-order valence-electron chi connectivity index (χ2n) is 4.21. The number of nitrogens with one attached hydrogen (secondary N) is 1. The molecule has 0 aliphatic carbocycles. The van der Waals surface area contributed by atoms with Crippen LogP contribution >= 0.6 is 0 Å². The van der Waals surface area contributed by atoms with Gasteiger partial charge in [0.25, 0.3) is 0 Å². The van der Waals surface area contributed by atoms with Gasteiger partial charge in [-0.1, -0.05) is 30.3 Å². The summed E-state index contributed by atoms with van der Waals surface area (Å²) >= 11 is 0. The first-order valence-electron chi connectivity index (χ1n) is 5.65. The maximum absolute atomic E-state index is 12.0. The summed E-state index contributed by atoms with van der Waals surface area (Å²) in [5, 5.41) is 11.0. The predicted octanol–water partition coefficient (Wildman–Crippen LogP) is 1.50. The first kappa shape index (κ1) is 13.0. The quantitative estimate of drug-likeness (QED) is 0.880. The van der Waals surface area contributed by atoms with E-state index < -0.39 is 16.1 Å². The van der Waals surface area contributed by atoms with Gasteiger partial charge in [0.05, 0.1) is 11.0 Å². The summed E-state index contributed by atoms with van der Waals surface area (Å²) in [7, 11) is -3.56. The fourth-order valence-corrected chi connectivity index (χ4v) is 2.80. The summed E-state index contributed by atoms with van der Waals surface area (Å²) in [5.74, 6) is 0. The molecule has 0 spiro atoms. The smallest absolute Gasteiger partial charge is 0.240 e. The van der Waals surface area contributed by atoms with Crippen LogP contribution in [-0.4, -0.2) is 26.2 Å². The van der Waals surface area contributed by atoms with E-state index in [4.69, 9.17) is 5.11 Å². The Balaban J connectivity index is 2.35. The predicted molar refractivity (Wildman–Crippen MR) is 70.8 cm³/mol. The van der Waals surface area contributed by atoms with Gasteiger partial charge < -0.3 is 5.11 Å². The molecule has 2 aromatic rings. The van der Waals surface area contributed by atoms with E-state index in [2.05, 4.69) is 4.72 Å². The normalized spacial score (nSPS) is 13.7. The Morgan fingerprint density at radius 3 is 2.50 bits per heavy atom. The monoisotopic (exact) mass is 265 g/mol. The molecule has 0 aliphatic rings. The second-order valence-corrected chi connectivity index (χ2v) is 5.98. The van der Waals surface area contributed by atoms with Crippen LogP contribution in [0.15, 0.2) is 47.4 Å². The van der Waals surface area contributed by atoms with E-state index in [-0.39, 0.29) is 11.4 Å². The zero-order valence-electron chi connectivity index (χ0n) is 10.00. The molecular weight excluding hydrogens is 250 g/mol. The van der Waals surface area contributed by atoms with Crippen LogP contribution in [0.2, 0.25) is 0 Å².